The number of aromatic nitrogens is 3. The van der Waals surface area contributed by atoms with E-state index in [4.69, 9.17) is 4.74 Å². The van der Waals surface area contributed by atoms with Crippen LogP contribution in [0.15, 0.2) is 42.2 Å². The summed E-state index contributed by atoms with van der Waals surface area (Å²) in [4.78, 5) is 29.1. The lowest BCUT2D eigenvalue weighted by Crippen LogP contribution is -2.39. The first-order valence-electron chi connectivity index (χ1n) is 9.32. The Morgan fingerprint density at radius 1 is 1.25 bits per heavy atom. The number of methoxy groups -OCH3 is 1. The van der Waals surface area contributed by atoms with Gasteiger partial charge in [0, 0.05) is 37.0 Å². The molecular formula is C21H22N4O2S. The Labute approximate surface area is 168 Å². The van der Waals surface area contributed by atoms with Crippen molar-refractivity contribution in [2.24, 2.45) is 0 Å². The molecule has 1 aromatic carbocycles. The molecule has 1 atom stereocenters. The maximum Gasteiger partial charge on any atom is 0.265 e. The maximum atomic E-state index is 12.9. The summed E-state index contributed by atoms with van der Waals surface area (Å²) in [6.07, 6.45) is 5.38. The normalized spacial score (nSPS) is 16.8. The highest BCUT2D eigenvalue weighted by molar-refractivity contribution is 7.11. The zero-order chi connectivity index (χ0) is 19.5. The third kappa shape index (κ3) is 3.62. The van der Waals surface area contributed by atoms with Gasteiger partial charge in [0.2, 0.25) is 0 Å². The van der Waals surface area contributed by atoms with Crippen LogP contribution in [0.1, 0.15) is 39.8 Å². The number of aryl methyl sites for hydroxylation is 1. The Bertz CT molecular complexity index is 988. The quantitative estimate of drug-likeness (QED) is 0.670. The number of ether oxygens (including phenoxy) is 1. The van der Waals surface area contributed by atoms with E-state index in [1.807, 2.05) is 36.1 Å². The number of amides is 1. The van der Waals surface area contributed by atoms with E-state index in [-0.39, 0.29) is 11.8 Å². The van der Waals surface area contributed by atoms with Crippen LogP contribution in [0.4, 0.5) is 0 Å². The lowest BCUT2D eigenvalue weighted by molar-refractivity contribution is 0.0710. The largest absolute Gasteiger partial charge is 0.497 e. The Hall–Kier alpha value is -2.80. The van der Waals surface area contributed by atoms with E-state index >= 15 is 0 Å². The molecule has 0 aliphatic carbocycles. The van der Waals surface area contributed by atoms with Crippen molar-refractivity contribution in [1.82, 2.24) is 19.9 Å². The van der Waals surface area contributed by atoms with Crippen LogP contribution in [-0.4, -0.2) is 46.0 Å². The summed E-state index contributed by atoms with van der Waals surface area (Å²) in [6, 6.07) is 7.86. The highest BCUT2D eigenvalue weighted by Crippen LogP contribution is 2.33. The molecule has 0 N–H and O–H groups in total. The van der Waals surface area contributed by atoms with Crippen molar-refractivity contribution in [2.45, 2.75) is 25.7 Å². The number of rotatable bonds is 4. The molecule has 1 fully saturated rings. The monoisotopic (exact) mass is 394 g/mol. The minimum Gasteiger partial charge on any atom is -0.497 e. The third-order valence-electron chi connectivity index (χ3n) is 5.10. The number of hydrogen-bond acceptors (Lipinski definition) is 6. The smallest absolute Gasteiger partial charge is 0.265 e. The van der Waals surface area contributed by atoms with E-state index in [1.165, 1.54) is 11.3 Å². The predicted molar refractivity (Wildman–Crippen MR) is 109 cm³/mol. The second kappa shape index (κ2) is 8.06. The van der Waals surface area contributed by atoms with Crippen LogP contribution in [0.2, 0.25) is 0 Å². The molecule has 0 saturated carbocycles. The second-order valence-electron chi connectivity index (χ2n) is 6.88. The van der Waals surface area contributed by atoms with Gasteiger partial charge in [0.05, 0.1) is 29.7 Å². The van der Waals surface area contributed by atoms with Gasteiger partial charge in [-0.1, -0.05) is 12.1 Å². The molecule has 0 spiro atoms. The number of carbonyl (C=O) groups excluding carboxylic acids is 1. The van der Waals surface area contributed by atoms with Crippen LogP contribution < -0.4 is 4.74 Å². The average molecular weight is 395 g/mol. The fraction of sp³-hybridized carbons (Fsp3) is 0.333. The van der Waals surface area contributed by atoms with Crippen molar-refractivity contribution in [3.05, 3.63) is 58.4 Å². The highest BCUT2D eigenvalue weighted by atomic mass is 32.1. The SMILES string of the molecule is COc1cccc(-c2nccnc2[C@H]2CCCN(C(=O)c3scnc3C)C2)c1. The number of piperidine rings is 1. The average Bonchev–Trinajstić information content (AvgIpc) is 3.19. The van der Waals surface area contributed by atoms with Gasteiger partial charge in [-0.05, 0) is 31.9 Å². The van der Waals surface area contributed by atoms with E-state index in [0.29, 0.717) is 6.54 Å². The topological polar surface area (TPSA) is 68.2 Å². The van der Waals surface area contributed by atoms with Crippen molar-refractivity contribution in [1.29, 1.82) is 0 Å². The van der Waals surface area contributed by atoms with E-state index in [0.717, 1.165) is 52.7 Å². The summed E-state index contributed by atoms with van der Waals surface area (Å²) in [5.74, 6) is 1.01. The van der Waals surface area contributed by atoms with Crippen LogP contribution in [0.3, 0.4) is 0 Å². The van der Waals surface area contributed by atoms with E-state index in [2.05, 4.69) is 15.0 Å². The second-order valence-corrected chi connectivity index (χ2v) is 7.73. The van der Waals surface area contributed by atoms with Crippen molar-refractivity contribution in [3.8, 4) is 17.0 Å². The first kappa shape index (κ1) is 18.6. The van der Waals surface area contributed by atoms with Crippen LogP contribution in [0.25, 0.3) is 11.3 Å². The molecule has 1 amide bonds. The van der Waals surface area contributed by atoms with Crippen molar-refractivity contribution >= 4 is 17.2 Å². The molecule has 1 aliphatic heterocycles. The van der Waals surface area contributed by atoms with E-state index in [1.54, 1.807) is 25.0 Å². The van der Waals surface area contributed by atoms with Crippen molar-refractivity contribution < 1.29 is 9.53 Å². The molecule has 0 unspecified atom stereocenters. The molecule has 0 radical (unpaired) electrons. The molecule has 1 saturated heterocycles. The van der Waals surface area contributed by atoms with Crippen LogP contribution in [0.5, 0.6) is 5.75 Å². The molecule has 2 aromatic heterocycles. The molecule has 28 heavy (non-hydrogen) atoms. The summed E-state index contributed by atoms with van der Waals surface area (Å²) >= 11 is 1.41. The molecule has 1 aliphatic rings. The minimum absolute atomic E-state index is 0.0662. The summed E-state index contributed by atoms with van der Waals surface area (Å²) in [7, 11) is 1.66. The summed E-state index contributed by atoms with van der Waals surface area (Å²) in [5, 5.41) is 0. The van der Waals surface area contributed by atoms with Gasteiger partial charge >= 0.3 is 0 Å². The summed E-state index contributed by atoms with van der Waals surface area (Å²) in [6.45, 7) is 3.29. The zero-order valence-electron chi connectivity index (χ0n) is 16.0. The van der Waals surface area contributed by atoms with Crippen LogP contribution in [-0.2, 0) is 0 Å². The highest BCUT2D eigenvalue weighted by Gasteiger charge is 2.29. The summed E-state index contributed by atoms with van der Waals surface area (Å²) in [5.41, 5.74) is 5.30. The Balaban J connectivity index is 1.62. The Kier molecular flexibility index (Phi) is 5.34. The van der Waals surface area contributed by atoms with Crippen molar-refractivity contribution in [3.63, 3.8) is 0 Å². The lowest BCUT2D eigenvalue weighted by atomic mass is 9.91. The van der Waals surface area contributed by atoms with Gasteiger partial charge in [0.25, 0.3) is 5.91 Å². The fourth-order valence-corrected chi connectivity index (χ4v) is 4.45. The van der Waals surface area contributed by atoms with Gasteiger partial charge in [0.15, 0.2) is 0 Å². The molecule has 144 valence electrons. The van der Waals surface area contributed by atoms with Crippen LogP contribution in [0, 0.1) is 6.92 Å². The van der Waals surface area contributed by atoms with E-state index < -0.39 is 0 Å². The molecule has 0 bridgehead atoms. The Morgan fingerprint density at radius 3 is 2.89 bits per heavy atom. The fourth-order valence-electron chi connectivity index (χ4n) is 3.68. The summed E-state index contributed by atoms with van der Waals surface area (Å²) < 4.78 is 5.36. The number of thiazole rings is 1. The first-order chi connectivity index (χ1) is 13.7. The number of nitrogens with zero attached hydrogens (tertiary/aromatic N) is 4. The first-order valence-corrected chi connectivity index (χ1v) is 10.2. The van der Waals surface area contributed by atoms with Gasteiger partial charge in [0.1, 0.15) is 10.6 Å². The molecule has 4 rings (SSSR count). The lowest BCUT2D eigenvalue weighted by Gasteiger charge is -2.33. The molecule has 3 aromatic rings. The van der Waals surface area contributed by atoms with Gasteiger partial charge in [-0.3, -0.25) is 14.8 Å². The molecule has 6 nitrogen and oxygen atoms in total. The number of benzene rings is 1. The predicted octanol–water partition coefficient (Wildman–Crippen LogP) is 3.94. The number of likely N-dealkylation sites (tertiary alicyclic amines) is 1. The van der Waals surface area contributed by atoms with E-state index in [9.17, 15) is 4.79 Å². The molecule has 7 heteroatoms. The van der Waals surface area contributed by atoms with Crippen LogP contribution >= 0.6 is 11.3 Å². The molecule has 3 heterocycles. The third-order valence-corrected chi connectivity index (χ3v) is 6.02. The van der Waals surface area contributed by atoms with Gasteiger partial charge in [-0.2, -0.15) is 0 Å². The standard InChI is InChI=1S/C21H22N4O2S/c1-14-20(28-13-24-14)21(26)25-10-4-6-16(12-25)19-18(22-8-9-23-19)15-5-3-7-17(11-15)27-2/h3,5,7-9,11,13,16H,4,6,10,12H2,1-2H3/t16-/m0/s1. The molecular weight excluding hydrogens is 372 g/mol. The minimum atomic E-state index is 0.0662. The maximum absolute atomic E-state index is 12.9. The number of hydrogen-bond donors (Lipinski definition) is 0. The Morgan fingerprint density at radius 2 is 2.11 bits per heavy atom. The number of carbonyl (C=O) groups is 1. The zero-order valence-corrected chi connectivity index (χ0v) is 16.8. The van der Waals surface area contributed by atoms with Crippen molar-refractivity contribution in [2.75, 3.05) is 20.2 Å². The van der Waals surface area contributed by atoms with Gasteiger partial charge in [-0.15, -0.1) is 11.3 Å². The van der Waals surface area contributed by atoms with Gasteiger partial charge < -0.3 is 9.64 Å². The van der Waals surface area contributed by atoms with Gasteiger partial charge in [-0.25, -0.2) is 4.98 Å².